The molecule has 1 aliphatic rings. The smallest absolute Gasteiger partial charge is 0.0580 e. The largest absolute Gasteiger partial charge is 0.378 e. The van der Waals surface area contributed by atoms with E-state index in [1.807, 2.05) is 0 Å². The Morgan fingerprint density at radius 3 is 2.50 bits per heavy atom. The Morgan fingerprint density at radius 2 is 2.08 bits per heavy atom. The molecule has 1 saturated heterocycles. The maximum absolute atomic E-state index is 5.68. The highest BCUT2D eigenvalue weighted by atomic mass is 16.5. The Balaban J connectivity index is 2.59. The van der Waals surface area contributed by atoms with Crippen LogP contribution in [-0.4, -0.2) is 12.7 Å². The van der Waals surface area contributed by atoms with Crippen LogP contribution in [0.3, 0.4) is 0 Å². The molecule has 1 fully saturated rings. The SMILES string of the molecule is CCC1CCOC(C)C1C(C)C. The lowest BCUT2D eigenvalue weighted by Crippen LogP contribution is -2.37. The summed E-state index contributed by atoms with van der Waals surface area (Å²) in [5.41, 5.74) is 0. The fourth-order valence-corrected chi connectivity index (χ4v) is 2.65. The average molecular weight is 170 g/mol. The first-order valence-corrected chi connectivity index (χ1v) is 5.28. The second-order valence-corrected chi connectivity index (χ2v) is 4.35. The molecule has 0 N–H and O–H groups in total. The van der Waals surface area contributed by atoms with Crippen LogP contribution in [0.25, 0.3) is 0 Å². The summed E-state index contributed by atoms with van der Waals surface area (Å²) < 4.78 is 5.68. The molecule has 1 rings (SSSR count). The van der Waals surface area contributed by atoms with Gasteiger partial charge >= 0.3 is 0 Å². The molecule has 72 valence electrons. The predicted octanol–water partition coefficient (Wildman–Crippen LogP) is 3.09. The first kappa shape index (κ1) is 10.0. The maximum atomic E-state index is 5.68. The zero-order chi connectivity index (χ0) is 9.14. The number of hydrogen-bond acceptors (Lipinski definition) is 1. The van der Waals surface area contributed by atoms with Gasteiger partial charge in [0.2, 0.25) is 0 Å². The minimum atomic E-state index is 0.476. The van der Waals surface area contributed by atoms with E-state index in [0.29, 0.717) is 6.10 Å². The lowest BCUT2D eigenvalue weighted by atomic mass is 9.75. The quantitative estimate of drug-likeness (QED) is 0.619. The molecular formula is C11H22O. The molecule has 1 heterocycles. The maximum Gasteiger partial charge on any atom is 0.0580 e. The third-order valence-corrected chi connectivity index (χ3v) is 3.25. The van der Waals surface area contributed by atoms with Crippen molar-refractivity contribution in [3.05, 3.63) is 0 Å². The summed E-state index contributed by atoms with van der Waals surface area (Å²) in [6, 6.07) is 0. The van der Waals surface area contributed by atoms with Crippen molar-refractivity contribution in [1.82, 2.24) is 0 Å². The Labute approximate surface area is 76.5 Å². The minimum Gasteiger partial charge on any atom is -0.378 e. The molecule has 1 heteroatoms. The fourth-order valence-electron chi connectivity index (χ4n) is 2.65. The summed E-state index contributed by atoms with van der Waals surface area (Å²) in [4.78, 5) is 0. The Bertz CT molecular complexity index is 131. The van der Waals surface area contributed by atoms with Gasteiger partial charge < -0.3 is 4.74 Å². The molecule has 0 amide bonds. The first-order valence-electron chi connectivity index (χ1n) is 5.28. The monoisotopic (exact) mass is 170 g/mol. The number of rotatable bonds is 2. The van der Waals surface area contributed by atoms with Crippen LogP contribution >= 0.6 is 0 Å². The third kappa shape index (κ3) is 2.01. The molecule has 3 unspecified atom stereocenters. The molecule has 0 aromatic carbocycles. The van der Waals surface area contributed by atoms with E-state index in [0.717, 1.165) is 24.4 Å². The zero-order valence-corrected chi connectivity index (χ0v) is 8.84. The van der Waals surface area contributed by atoms with Crippen molar-refractivity contribution < 1.29 is 4.74 Å². The van der Waals surface area contributed by atoms with Gasteiger partial charge in [-0.15, -0.1) is 0 Å². The van der Waals surface area contributed by atoms with E-state index in [-0.39, 0.29) is 0 Å². The molecule has 12 heavy (non-hydrogen) atoms. The third-order valence-electron chi connectivity index (χ3n) is 3.25. The highest BCUT2D eigenvalue weighted by Gasteiger charge is 2.32. The first-order chi connectivity index (χ1) is 5.66. The van der Waals surface area contributed by atoms with Gasteiger partial charge in [0.25, 0.3) is 0 Å². The van der Waals surface area contributed by atoms with Crippen molar-refractivity contribution in [2.45, 2.75) is 46.6 Å². The zero-order valence-electron chi connectivity index (χ0n) is 8.84. The second-order valence-electron chi connectivity index (χ2n) is 4.35. The van der Waals surface area contributed by atoms with Gasteiger partial charge in [0.1, 0.15) is 0 Å². The van der Waals surface area contributed by atoms with E-state index >= 15 is 0 Å². The Morgan fingerprint density at radius 1 is 1.42 bits per heavy atom. The number of ether oxygens (including phenoxy) is 1. The van der Waals surface area contributed by atoms with Gasteiger partial charge in [-0.25, -0.2) is 0 Å². The van der Waals surface area contributed by atoms with Crippen LogP contribution in [-0.2, 0) is 4.74 Å². The van der Waals surface area contributed by atoms with Crippen LogP contribution in [0.4, 0.5) is 0 Å². The van der Waals surface area contributed by atoms with Gasteiger partial charge in [0.05, 0.1) is 6.10 Å². The normalized spacial score (nSPS) is 37.2. The Hall–Kier alpha value is -0.0400. The molecule has 0 aliphatic carbocycles. The van der Waals surface area contributed by atoms with Gasteiger partial charge in [0.15, 0.2) is 0 Å². The lowest BCUT2D eigenvalue weighted by molar-refractivity contribution is -0.0637. The number of hydrogen-bond donors (Lipinski definition) is 0. The van der Waals surface area contributed by atoms with Gasteiger partial charge in [-0.1, -0.05) is 27.2 Å². The van der Waals surface area contributed by atoms with Crippen LogP contribution in [0.5, 0.6) is 0 Å². The van der Waals surface area contributed by atoms with Crippen LogP contribution < -0.4 is 0 Å². The molecule has 1 aliphatic heterocycles. The van der Waals surface area contributed by atoms with E-state index in [1.54, 1.807) is 0 Å². The van der Waals surface area contributed by atoms with E-state index < -0.39 is 0 Å². The van der Waals surface area contributed by atoms with Crippen molar-refractivity contribution in [3.8, 4) is 0 Å². The molecule has 1 nitrogen and oxygen atoms in total. The van der Waals surface area contributed by atoms with Crippen LogP contribution in [0.1, 0.15) is 40.5 Å². The van der Waals surface area contributed by atoms with Crippen LogP contribution in [0.15, 0.2) is 0 Å². The Kier molecular flexibility index (Phi) is 3.57. The molecule has 0 aromatic rings. The summed E-state index contributed by atoms with van der Waals surface area (Å²) >= 11 is 0. The van der Waals surface area contributed by atoms with Gasteiger partial charge in [-0.05, 0) is 31.1 Å². The van der Waals surface area contributed by atoms with Crippen LogP contribution in [0.2, 0.25) is 0 Å². The molecule has 0 saturated carbocycles. The molecule has 0 aromatic heterocycles. The van der Waals surface area contributed by atoms with E-state index in [2.05, 4.69) is 27.7 Å². The molecule has 0 spiro atoms. The lowest BCUT2D eigenvalue weighted by Gasteiger charge is -2.38. The van der Waals surface area contributed by atoms with Crippen molar-refractivity contribution in [2.75, 3.05) is 6.61 Å². The van der Waals surface area contributed by atoms with Crippen molar-refractivity contribution in [2.24, 2.45) is 17.8 Å². The van der Waals surface area contributed by atoms with E-state index in [1.165, 1.54) is 12.8 Å². The topological polar surface area (TPSA) is 9.23 Å². The van der Waals surface area contributed by atoms with Crippen molar-refractivity contribution >= 4 is 0 Å². The van der Waals surface area contributed by atoms with E-state index in [9.17, 15) is 0 Å². The molecular weight excluding hydrogens is 148 g/mol. The average Bonchev–Trinajstić information content (AvgIpc) is 2.03. The van der Waals surface area contributed by atoms with Gasteiger partial charge in [-0.3, -0.25) is 0 Å². The van der Waals surface area contributed by atoms with Crippen molar-refractivity contribution in [1.29, 1.82) is 0 Å². The summed E-state index contributed by atoms with van der Waals surface area (Å²) in [6.07, 6.45) is 3.06. The summed E-state index contributed by atoms with van der Waals surface area (Å²) in [6.45, 7) is 10.1. The summed E-state index contributed by atoms with van der Waals surface area (Å²) in [5.74, 6) is 2.45. The highest BCUT2D eigenvalue weighted by Crippen LogP contribution is 2.34. The minimum absolute atomic E-state index is 0.476. The predicted molar refractivity (Wildman–Crippen MR) is 52.1 cm³/mol. The highest BCUT2D eigenvalue weighted by molar-refractivity contribution is 4.80. The van der Waals surface area contributed by atoms with Gasteiger partial charge in [-0.2, -0.15) is 0 Å². The van der Waals surface area contributed by atoms with Crippen molar-refractivity contribution in [3.63, 3.8) is 0 Å². The van der Waals surface area contributed by atoms with Crippen LogP contribution in [0, 0.1) is 17.8 Å². The molecule has 0 bridgehead atoms. The summed E-state index contributed by atoms with van der Waals surface area (Å²) in [5, 5.41) is 0. The second kappa shape index (κ2) is 4.27. The molecule has 3 atom stereocenters. The van der Waals surface area contributed by atoms with Gasteiger partial charge in [0, 0.05) is 6.61 Å². The fraction of sp³-hybridized carbons (Fsp3) is 1.00. The standard InChI is InChI=1S/C11H22O/c1-5-10-6-7-12-9(4)11(10)8(2)3/h8-11H,5-7H2,1-4H3. The van der Waals surface area contributed by atoms with E-state index in [4.69, 9.17) is 4.74 Å². The molecule has 0 radical (unpaired) electrons. The summed E-state index contributed by atoms with van der Waals surface area (Å²) in [7, 11) is 0.